The monoisotopic (exact) mass is 344 g/mol. The van der Waals surface area contributed by atoms with Gasteiger partial charge >= 0.3 is 7.12 Å². The lowest BCUT2D eigenvalue weighted by Crippen LogP contribution is -2.32. The van der Waals surface area contributed by atoms with Crippen LogP contribution in [0.15, 0.2) is 16.6 Å². The zero-order chi connectivity index (χ0) is 15.0. The van der Waals surface area contributed by atoms with E-state index in [1.807, 2.05) is 0 Å². The molecule has 0 saturated heterocycles. The molecule has 4 nitrogen and oxygen atoms in total. The van der Waals surface area contributed by atoms with Gasteiger partial charge in [-0.15, -0.1) is 0 Å². The number of halogens is 1. The van der Waals surface area contributed by atoms with Crippen LogP contribution in [0.25, 0.3) is 0 Å². The molecule has 0 radical (unpaired) electrons. The van der Waals surface area contributed by atoms with Gasteiger partial charge in [-0.25, -0.2) is 0 Å². The summed E-state index contributed by atoms with van der Waals surface area (Å²) in [6.45, 7) is 5.32. The summed E-state index contributed by atoms with van der Waals surface area (Å²) in [5.74, 6) is 1.08. The zero-order valence-corrected chi connectivity index (χ0v) is 13.6. The van der Waals surface area contributed by atoms with E-state index >= 15 is 0 Å². The molecule has 2 N–H and O–H groups in total. The van der Waals surface area contributed by atoms with Gasteiger partial charge in [0, 0.05) is 5.46 Å². The van der Waals surface area contributed by atoms with E-state index in [-0.39, 0.29) is 0 Å². The van der Waals surface area contributed by atoms with Crippen LogP contribution < -0.4 is 14.9 Å². The van der Waals surface area contributed by atoms with Crippen LogP contribution in [0, 0.1) is 0 Å². The predicted molar refractivity (Wildman–Crippen MR) is 84.8 cm³/mol. The van der Waals surface area contributed by atoms with Gasteiger partial charge in [-0.1, -0.05) is 26.7 Å². The second-order valence-corrected chi connectivity index (χ2v) is 5.45. The molecule has 0 aliphatic heterocycles. The summed E-state index contributed by atoms with van der Waals surface area (Å²) < 4.78 is 12.0. The molecule has 0 bridgehead atoms. The van der Waals surface area contributed by atoms with Crippen molar-refractivity contribution in [2.45, 2.75) is 39.5 Å². The largest absolute Gasteiger partial charge is 0.494 e. The predicted octanol–water partition coefficient (Wildman–Crippen LogP) is 2.49. The van der Waals surface area contributed by atoms with Crippen LogP contribution in [-0.2, 0) is 0 Å². The zero-order valence-electron chi connectivity index (χ0n) is 12.1. The van der Waals surface area contributed by atoms with Gasteiger partial charge in [-0.3, -0.25) is 0 Å². The van der Waals surface area contributed by atoms with Crippen LogP contribution in [0.1, 0.15) is 39.5 Å². The Balaban J connectivity index is 2.87. The molecule has 20 heavy (non-hydrogen) atoms. The van der Waals surface area contributed by atoms with Crippen LogP contribution in [0.5, 0.6) is 11.5 Å². The van der Waals surface area contributed by atoms with Gasteiger partial charge in [0.25, 0.3) is 0 Å². The first-order valence-corrected chi connectivity index (χ1v) is 7.84. The molecule has 6 heteroatoms. The second-order valence-electron chi connectivity index (χ2n) is 4.60. The van der Waals surface area contributed by atoms with Crippen LogP contribution in [0.2, 0.25) is 0 Å². The van der Waals surface area contributed by atoms with Crippen molar-refractivity contribution in [1.82, 2.24) is 0 Å². The van der Waals surface area contributed by atoms with Crippen molar-refractivity contribution in [2.24, 2.45) is 0 Å². The van der Waals surface area contributed by atoms with Crippen LogP contribution >= 0.6 is 15.9 Å². The Morgan fingerprint density at radius 3 is 2.05 bits per heavy atom. The fourth-order valence-corrected chi connectivity index (χ4v) is 2.08. The van der Waals surface area contributed by atoms with Gasteiger partial charge in [0.1, 0.15) is 11.5 Å². The average Bonchev–Trinajstić information content (AvgIpc) is 2.41. The summed E-state index contributed by atoms with van der Waals surface area (Å²) in [6, 6.07) is 3.34. The lowest BCUT2D eigenvalue weighted by Gasteiger charge is -2.15. The summed E-state index contributed by atoms with van der Waals surface area (Å²) in [4.78, 5) is 0. The van der Waals surface area contributed by atoms with Gasteiger partial charge in [-0.2, -0.15) is 0 Å². The van der Waals surface area contributed by atoms with Crippen molar-refractivity contribution in [2.75, 3.05) is 13.2 Å². The smallest absolute Gasteiger partial charge is 0.492 e. The summed E-state index contributed by atoms with van der Waals surface area (Å²) in [5.41, 5.74) is 0.329. The number of rotatable bonds is 9. The summed E-state index contributed by atoms with van der Waals surface area (Å²) in [7, 11) is -1.58. The molecule has 0 unspecified atom stereocenters. The molecule has 1 aromatic rings. The van der Waals surface area contributed by atoms with Crippen LogP contribution in [0.3, 0.4) is 0 Å². The Morgan fingerprint density at radius 2 is 1.55 bits per heavy atom. The standard InChI is InChI=1S/C14H22BBrO4/c1-3-5-7-19-13-10-12(16)14(20-8-6-4-2)9-11(13)15(17)18/h9-10,17-18H,3-8H2,1-2H3. The highest BCUT2D eigenvalue weighted by atomic mass is 79.9. The number of ether oxygens (including phenoxy) is 2. The number of hydrogen-bond donors (Lipinski definition) is 2. The van der Waals surface area contributed by atoms with Crippen molar-refractivity contribution >= 4 is 28.5 Å². The fourth-order valence-electron chi connectivity index (χ4n) is 1.64. The number of hydrogen-bond acceptors (Lipinski definition) is 4. The van der Waals surface area contributed by atoms with Gasteiger partial charge in [0.05, 0.1) is 17.7 Å². The Hall–Kier alpha value is -0.715. The van der Waals surface area contributed by atoms with E-state index in [9.17, 15) is 10.0 Å². The first kappa shape index (κ1) is 17.3. The van der Waals surface area contributed by atoms with E-state index in [2.05, 4.69) is 29.8 Å². The molecular weight excluding hydrogens is 323 g/mol. The molecule has 0 fully saturated rings. The third-order valence-corrected chi connectivity index (χ3v) is 3.47. The first-order chi connectivity index (χ1) is 9.60. The van der Waals surface area contributed by atoms with Crippen molar-refractivity contribution in [1.29, 1.82) is 0 Å². The Labute approximate surface area is 129 Å². The quantitative estimate of drug-likeness (QED) is 0.533. The summed E-state index contributed by atoms with van der Waals surface area (Å²) >= 11 is 3.42. The maximum atomic E-state index is 9.45. The Bertz CT molecular complexity index is 412. The highest BCUT2D eigenvalue weighted by Crippen LogP contribution is 2.28. The molecule has 112 valence electrons. The molecule has 0 aliphatic carbocycles. The van der Waals surface area contributed by atoms with Gasteiger partial charge < -0.3 is 19.5 Å². The topological polar surface area (TPSA) is 58.9 Å². The molecule has 1 rings (SSSR count). The third kappa shape index (κ3) is 5.35. The van der Waals surface area contributed by atoms with Crippen LogP contribution in [-0.4, -0.2) is 30.4 Å². The number of benzene rings is 1. The highest BCUT2D eigenvalue weighted by molar-refractivity contribution is 9.10. The van der Waals surface area contributed by atoms with Crippen molar-refractivity contribution in [3.63, 3.8) is 0 Å². The fraction of sp³-hybridized carbons (Fsp3) is 0.571. The second kappa shape index (κ2) is 9.26. The van der Waals surface area contributed by atoms with Crippen molar-refractivity contribution < 1.29 is 19.5 Å². The van der Waals surface area contributed by atoms with E-state index in [0.717, 1.165) is 30.2 Å². The third-order valence-electron chi connectivity index (χ3n) is 2.85. The normalized spacial score (nSPS) is 10.4. The van der Waals surface area contributed by atoms with Gasteiger partial charge in [-0.05, 0) is 40.9 Å². The number of unbranched alkanes of at least 4 members (excludes halogenated alkanes) is 2. The summed E-state index contributed by atoms with van der Waals surface area (Å²) in [5, 5.41) is 18.9. The Morgan fingerprint density at radius 1 is 1.00 bits per heavy atom. The summed E-state index contributed by atoms with van der Waals surface area (Å²) in [6.07, 6.45) is 3.95. The molecule has 0 amide bonds. The van der Waals surface area contributed by atoms with Gasteiger partial charge in [0.2, 0.25) is 0 Å². The maximum absolute atomic E-state index is 9.45. The van der Waals surface area contributed by atoms with Crippen LogP contribution in [0.4, 0.5) is 0 Å². The van der Waals surface area contributed by atoms with E-state index in [4.69, 9.17) is 9.47 Å². The van der Waals surface area contributed by atoms with Crippen molar-refractivity contribution in [3.05, 3.63) is 16.6 Å². The minimum atomic E-state index is -1.58. The lowest BCUT2D eigenvalue weighted by molar-refractivity contribution is 0.299. The molecule has 0 saturated carbocycles. The molecule has 0 heterocycles. The van der Waals surface area contributed by atoms with E-state index in [1.165, 1.54) is 0 Å². The first-order valence-electron chi connectivity index (χ1n) is 7.05. The van der Waals surface area contributed by atoms with E-state index < -0.39 is 7.12 Å². The van der Waals surface area contributed by atoms with Crippen molar-refractivity contribution in [3.8, 4) is 11.5 Å². The molecule has 1 aromatic carbocycles. The van der Waals surface area contributed by atoms with E-state index in [0.29, 0.717) is 30.2 Å². The maximum Gasteiger partial charge on any atom is 0.492 e. The van der Waals surface area contributed by atoms with Gasteiger partial charge in [0.15, 0.2) is 0 Å². The molecule has 0 spiro atoms. The molecule has 0 aliphatic rings. The molecule has 0 aromatic heterocycles. The molecule has 0 atom stereocenters. The SMILES string of the molecule is CCCCOc1cc(B(O)O)c(OCCCC)cc1Br. The highest BCUT2D eigenvalue weighted by Gasteiger charge is 2.20. The molecular formula is C14H22BBrO4. The Kier molecular flexibility index (Phi) is 8.03. The minimum Gasteiger partial charge on any atom is -0.494 e. The minimum absolute atomic E-state index is 0.329. The lowest BCUT2D eigenvalue weighted by atomic mass is 9.79. The van der Waals surface area contributed by atoms with E-state index in [1.54, 1.807) is 12.1 Å². The average molecular weight is 345 g/mol.